The highest BCUT2D eigenvalue weighted by Crippen LogP contribution is 2.33. The van der Waals surface area contributed by atoms with Gasteiger partial charge in [0.1, 0.15) is 11.4 Å². The van der Waals surface area contributed by atoms with Gasteiger partial charge in [-0.1, -0.05) is 22.4 Å². The lowest BCUT2D eigenvalue weighted by atomic mass is 10.1. The number of carbonyl (C=O) groups excluding carboxylic acids is 1. The fourth-order valence-electron chi connectivity index (χ4n) is 3.81. The first-order valence-electron chi connectivity index (χ1n) is 9.23. The Kier molecular flexibility index (Phi) is 4.51. The molecule has 4 rings (SSSR count). The van der Waals surface area contributed by atoms with Gasteiger partial charge in [0, 0.05) is 17.8 Å². The van der Waals surface area contributed by atoms with Gasteiger partial charge in [-0.2, -0.15) is 5.10 Å². The number of likely N-dealkylation sites (tertiary alicyclic amines) is 1. The van der Waals surface area contributed by atoms with Crippen LogP contribution in [0.5, 0.6) is 0 Å². The molecule has 0 unspecified atom stereocenters. The van der Waals surface area contributed by atoms with Gasteiger partial charge in [-0.05, 0) is 57.4 Å². The van der Waals surface area contributed by atoms with Crippen LogP contribution < -0.4 is 0 Å². The molecule has 27 heavy (non-hydrogen) atoms. The van der Waals surface area contributed by atoms with E-state index in [1.54, 1.807) is 0 Å². The van der Waals surface area contributed by atoms with Crippen LogP contribution in [0.3, 0.4) is 0 Å². The van der Waals surface area contributed by atoms with E-state index in [4.69, 9.17) is 4.63 Å². The Morgan fingerprint density at radius 1 is 1.22 bits per heavy atom. The largest absolute Gasteiger partial charge is 0.330 e. The van der Waals surface area contributed by atoms with Crippen molar-refractivity contribution in [2.75, 3.05) is 6.54 Å². The lowest BCUT2D eigenvalue weighted by Gasteiger charge is -2.23. The maximum absolute atomic E-state index is 13.2. The molecule has 3 heterocycles. The molecule has 0 saturated carbocycles. The number of rotatable bonds is 4. The predicted molar refractivity (Wildman–Crippen MR) is 99.3 cm³/mol. The van der Waals surface area contributed by atoms with E-state index in [9.17, 15) is 4.79 Å². The fourth-order valence-corrected chi connectivity index (χ4v) is 3.81. The highest BCUT2D eigenvalue weighted by atomic mass is 16.6. The molecule has 140 valence electrons. The van der Waals surface area contributed by atoms with Crippen LogP contribution in [0.15, 0.2) is 35.0 Å². The summed E-state index contributed by atoms with van der Waals surface area (Å²) in [4.78, 5) is 15.0. The SMILES string of the molecule is Cc1cc(C)n(Cc2cccc(C(=O)N3CCC[C@H]3c3nonc3C)c2)n1. The van der Waals surface area contributed by atoms with Crippen molar-refractivity contribution in [3.05, 3.63) is 64.2 Å². The summed E-state index contributed by atoms with van der Waals surface area (Å²) in [7, 11) is 0. The van der Waals surface area contributed by atoms with Crippen LogP contribution in [0, 0.1) is 20.8 Å². The van der Waals surface area contributed by atoms with Gasteiger partial charge in [-0.25, -0.2) is 4.63 Å². The van der Waals surface area contributed by atoms with Gasteiger partial charge < -0.3 is 4.90 Å². The van der Waals surface area contributed by atoms with Gasteiger partial charge >= 0.3 is 0 Å². The van der Waals surface area contributed by atoms with Gasteiger partial charge in [0.2, 0.25) is 0 Å². The van der Waals surface area contributed by atoms with Crippen LogP contribution in [0.25, 0.3) is 0 Å². The van der Waals surface area contributed by atoms with E-state index >= 15 is 0 Å². The summed E-state index contributed by atoms with van der Waals surface area (Å²) in [5, 5.41) is 12.4. The quantitative estimate of drug-likeness (QED) is 0.709. The van der Waals surface area contributed by atoms with Crippen molar-refractivity contribution < 1.29 is 9.42 Å². The van der Waals surface area contributed by atoms with Crippen molar-refractivity contribution >= 4 is 5.91 Å². The smallest absolute Gasteiger partial charge is 0.254 e. The maximum Gasteiger partial charge on any atom is 0.254 e. The zero-order chi connectivity index (χ0) is 19.0. The van der Waals surface area contributed by atoms with Gasteiger partial charge in [-0.3, -0.25) is 9.48 Å². The first kappa shape index (κ1) is 17.5. The summed E-state index contributed by atoms with van der Waals surface area (Å²) in [6.45, 7) is 7.26. The fraction of sp³-hybridized carbons (Fsp3) is 0.400. The summed E-state index contributed by atoms with van der Waals surface area (Å²) in [5.41, 5.74) is 5.36. The lowest BCUT2D eigenvalue weighted by molar-refractivity contribution is 0.0730. The van der Waals surface area contributed by atoms with E-state index in [1.165, 1.54) is 0 Å². The minimum atomic E-state index is -0.0663. The van der Waals surface area contributed by atoms with E-state index in [0.29, 0.717) is 12.1 Å². The molecule has 1 aliphatic heterocycles. The molecule has 0 radical (unpaired) electrons. The van der Waals surface area contributed by atoms with Crippen LogP contribution in [0.1, 0.15) is 57.6 Å². The number of aryl methyl sites for hydroxylation is 3. The molecule has 3 aromatic rings. The molecule has 1 fully saturated rings. The molecular weight excluding hydrogens is 342 g/mol. The number of hydrogen-bond acceptors (Lipinski definition) is 5. The van der Waals surface area contributed by atoms with Crippen molar-refractivity contribution in [3.63, 3.8) is 0 Å². The first-order chi connectivity index (χ1) is 13.0. The van der Waals surface area contributed by atoms with Crippen molar-refractivity contribution in [3.8, 4) is 0 Å². The number of aromatic nitrogens is 4. The number of nitrogens with zero attached hydrogens (tertiary/aromatic N) is 5. The second-order valence-corrected chi connectivity index (χ2v) is 7.18. The van der Waals surface area contributed by atoms with Gasteiger partial charge in [-0.15, -0.1) is 0 Å². The summed E-state index contributed by atoms with van der Waals surface area (Å²) in [5.74, 6) is 0.0233. The number of hydrogen-bond donors (Lipinski definition) is 0. The van der Waals surface area contributed by atoms with E-state index < -0.39 is 0 Å². The number of benzene rings is 1. The highest BCUT2D eigenvalue weighted by Gasteiger charge is 2.34. The van der Waals surface area contributed by atoms with E-state index in [2.05, 4.69) is 21.5 Å². The maximum atomic E-state index is 13.2. The van der Waals surface area contributed by atoms with Crippen LogP contribution >= 0.6 is 0 Å². The molecule has 1 atom stereocenters. The van der Waals surface area contributed by atoms with Crippen LogP contribution in [0.4, 0.5) is 0 Å². The normalized spacial score (nSPS) is 16.9. The average Bonchev–Trinajstić information content (AvgIpc) is 3.35. The van der Waals surface area contributed by atoms with E-state index in [0.717, 1.165) is 47.7 Å². The Bertz CT molecular complexity index is 974. The second-order valence-electron chi connectivity index (χ2n) is 7.18. The predicted octanol–water partition coefficient (Wildman–Crippen LogP) is 3.22. The standard InChI is InChI=1S/C20H23N5O2/c1-13-10-14(2)25(21-13)12-16-6-4-7-17(11-16)20(26)24-9-5-8-18(24)19-15(3)22-27-23-19/h4,6-7,10-11,18H,5,8-9,12H2,1-3H3/t18-/m0/s1. The van der Waals surface area contributed by atoms with E-state index in [-0.39, 0.29) is 11.9 Å². The van der Waals surface area contributed by atoms with Gasteiger partial charge in [0.25, 0.3) is 5.91 Å². The molecule has 1 saturated heterocycles. The van der Waals surface area contributed by atoms with Crippen molar-refractivity contribution in [1.29, 1.82) is 0 Å². The molecule has 1 aliphatic rings. The molecule has 0 aliphatic carbocycles. The molecule has 7 nitrogen and oxygen atoms in total. The zero-order valence-corrected chi connectivity index (χ0v) is 15.8. The second kappa shape index (κ2) is 6.98. The molecule has 0 bridgehead atoms. The minimum absolute atomic E-state index is 0.0233. The van der Waals surface area contributed by atoms with Crippen LogP contribution in [-0.2, 0) is 6.54 Å². The Morgan fingerprint density at radius 3 is 2.78 bits per heavy atom. The number of amides is 1. The monoisotopic (exact) mass is 365 g/mol. The Labute approximate surface area is 157 Å². The molecule has 1 amide bonds. The Hall–Kier alpha value is -2.96. The topological polar surface area (TPSA) is 77.0 Å². The molecule has 1 aromatic carbocycles. The van der Waals surface area contributed by atoms with Crippen molar-refractivity contribution in [1.82, 2.24) is 25.0 Å². The zero-order valence-electron chi connectivity index (χ0n) is 15.8. The molecule has 0 N–H and O–H groups in total. The Morgan fingerprint density at radius 2 is 2.07 bits per heavy atom. The van der Waals surface area contributed by atoms with Gasteiger partial charge in [0.15, 0.2) is 0 Å². The highest BCUT2D eigenvalue weighted by molar-refractivity contribution is 5.94. The van der Waals surface area contributed by atoms with Crippen molar-refractivity contribution in [2.24, 2.45) is 0 Å². The van der Waals surface area contributed by atoms with E-state index in [1.807, 2.05) is 54.6 Å². The summed E-state index contributed by atoms with van der Waals surface area (Å²) < 4.78 is 6.80. The third-order valence-electron chi connectivity index (χ3n) is 5.13. The number of carbonyl (C=O) groups is 1. The first-order valence-corrected chi connectivity index (χ1v) is 9.23. The molecule has 2 aromatic heterocycles. The minimum Gasteiger partial charge on any atom is -0.330 e. The van der Waals surface area contributed by atoms with Crippen LogP contribution in [0.2, 0.25) is 0 Å². The molecular formula is C20H23N5O2. The molecule has 0 spiro atoms. The van der Waals surface area contributed by atoms with Crippen LogP contribution in [-0.4, -0.2) is 37.4 Å². The summed E-state index contributed by atoms with van der Waals surface area (Å²) in [6.07, 6.45) is 1.83. The third-order valence-corrected chi connectivity index (χ3v) is 5.13. The van der Waals surface area contributed by atoms with Crippen molar-refractivity contribution in [2.45, 2.75) is 46.2 Å². The average molecular weight is 365 g/mol. The third kappa shape index (κ3) is 3.37. The van der Waals surface area contributed by atoms with Gasteiger partial charge in [0.05, 0.1) is 18.3 Å². The summed E-state index contributed by atoms with van der Waals surface area (Å²) in [6, 6.07) is 9.78. The Balaban J connectivity index is 1.57. The lowest BCUT2D eigenvalue weighted by Crippen LogP contribution is -2.31. The summed E-state index contributed by atoms with van der Waals surface area (Å²) >= 11 is 0. The molecule has 7 heteroatoms.